The first-order valence-electron chi connectivity index (χ1n) is 11.3. The number of anilines is 2. The predicted octanol–water partition coefficient (Wildman–Crippen LogP) is 4.46. The van der Waals surface area contributed by atoms with Crippen molar-refractivity contribution >= 4 is 34.1 Å². The maximum absolute atomic E-state index is 12.4. The molecule has 1 aliphatic rings. The summed E-state index contributed by atoms with van der Waals surface area (Å²) in [4.78, 5) is 27.2. The van der Waals surface area contributed by atoms with E-state index >= 15 is 0 Å². The fourth-order valence-electron chi connectivity index (χ4n) is 4.20. The van der Waals surface area contributed by atoms with Crippen molar-refractivity contribution in [3.63, 3.8) is 0 Å². The maximum Gasteiger partial charge on any atom is 0.320 e. The van der Waals surface area contributed by atoms with Crippen LogP contribution >= 0.6 is 0 Å². The number of pyridine rings is 1. The van der Waals surface area contributed by atoms with Gasteiger partial charge in [-0.1, -0.05) is 19.1 Å². The number of benzene rings is 1. The second-order valence-electron chi connectivity index (χ2n) is 8.36. The summed E-state index contributed by atoms with van der Waals surface area (Å²) in [6, 6.07) is 8.85. The Bertz CT molecular complexity index is 1160. The van der Waals surface area contributed by atoms with Gasteiger partial charge in [0.05, 0.1) is 18.0 Å². The first-order valence-corrected chi connectivity index (χ1v) is 11.3. The molecule has 0 fully saturated rings. The molecule has 0 N–H and O–H groups in total. The Hall–Kier alpha value is -3.35. The van der Waals surface area contributed by atoms with Gasteiger partial charge >= 0.3 is 6.03 Å². The number of aryl methyl sites for hydroxylation is 2. The zero-order valence-electron chi connectivity index (χ0n) is 19.7. The Morgan fingerprint density at radius 1 is 1.16 bits per heavy atom. The number of carbonyl (C=O) groups excluding carboxylic acids is 1. The lowest BCUT2D eigenvalue weighted by Crippen LogP contribution is -2.42. The SMILES string of the molecule is CCc1cc(C2=CCN(C(=O)N(C)CC)CC2)ccc1N(C)c1cc2c(cn1)ncn2C. The summed E-state index contributed by atoms with van der Waals surface area (Å²) in [5.74, 6) is 0.898. The molecule has 4 rings (SSSR count). The summed E-state index contributed by atoms with van der Waals surface area (Å²) in [5.41, 5.74) is 6.95. The van der Waals surface area contributed by atoms with E-state index < -0.39 is 0 Å². The normalized spacial score (nSPS) is 13.9. The molecule has 168 valence electrons. The lowest BCUT2D eigenvalue weighted by Gasteiger charge is -2.30. The molecule has 1 aliphatic heterocycles. The van der Waals surface area contributed by atoms with E-state index in [-0.39, 0.29) is 6.03 Å². The maximum atomic E-state index is 12.4. The molecule has 0 bridgehead atoms. The highest BCUT2D eigenvalue weighted by Gasteiger charge is 2.21. The van der Waals surface area contributed by atoms with Gasteiger partial charge in [-0.25, -0.2) is 14.8 Å². The molecule has 0 saturated carbocycles. The number of nitrogens with zero attached hydrogens (tertiary/aromatic N) is 6. The van der Waals surface area contributed by atoms with Crippen LogP contribution in [0, 0.1) is 0 Å². The molecule has 3 heterocycles. The van der Waals surface area contributed by atoms with Crippen molar-refractivity contribution in [1.29, 1.82) is 0 Å². The Balaban J connectivity index is 1.57. The first-order chi connectivity index (χ1) is 15.4. The summed E-state index contributed by atoms with van der Waals surface area (Å²) in [7, 11) is 5.91. The van der Waals surface area contributed by atoms with Crippen LogP contribution in [0.5, 0.6) is 0 Å². The van der Waals surface area contributed by atoms with Crippen molar-refractivity contribution in [2.45, 2.75) is 26.7 Å². The molecule has 7 nitrogen and oxygen atoms in total. The van der Waals surface area contributed by atoms with Gasteiger partial charge < -0.3 is 19.3 Å². The fraction of sp³-hybridized carbons (Fsp3) is 0.400. The average Bonchev–Trinajstić information content (AvgIpc) is 3.22. The quantitative estimate of drug-likeness (QED) is 0.597. The van der Waals surface area contributed by atoms with E-state index in [1.165, 1.54) is 16.7 Å². The van der Waals surface area contributed by atoms with Crippen LogP contribution < -0.4 is 4.90 Å². The number of fused-ring (bicyclic) bond motifs is 1. The van der Waals surface area contributed by atoms with Gasteiger partial charge in [-0.05, 0) is 48.6 Å². The van der Waals surface area contributed by atoms with Crippen molar-refractivity contribution in [2.75, 3.05) is 38.6 Å². The van der Waals surface area contributed by atoms with Crippen LogP contribution in [0.25, 0.3) is 16.6 Å². The van der Waals surface area contributed by atoms with E-state index in [9.17, 15) is 4.79 Å². The van der Waals surface area contributed by atoms with Crippen LogP contribution in [0.4, 0.5) is 16.3 Å². The van der Waals surface area contributed by atoms with Crippen molar-refractivity contribution in [3.05, 3.63) is 54.0 Å². The number of rotatable bonds is 5. The molecule has 32 heavy (non-hydrogen) atoms. The Morgan fingerprint density at radius 2 is 1.97 bits per heavy atom. The zero-order chi connectivity index (χ0) is 22.8. The minimum atomic E-state index is 0.104. The minimum Gasteiger partial charge on any atom is -0.334 e. The van der Waals surface area contributed by atoms with Crippen LogP contribution in [0.3, 0.4) is 0 Å². The highest BCUT2D eigenvalue weighted by Crippen LogP contribution is 2.32. The third-order valence-corrected chi connectivity index (χ3v) is 6.41. The zero-order valence-corrected chi connectivity index (χ0v) is 19.7. The van der Waals surface area contributed by atoms with Gasteiger partial charge in [0.2, 0.25) is 0 Å². The third-order valence-electron chi connectivity index (χ3n) is 6.41. The molecule has 0 aliphatic carbocycles. The highest BCUT2D eigenvalue weighted by atomic mass is 16.2. The van der Waals surface area contributed by atoms with Gasteiger partial charge in [0.25, 0.3) is 0 Å². The van der Waals surface area contributed by atoms with E-state index in [1.807, 2.05) is 43.0 Å². The number of urea groups is 1. The van der Waals surface area contributed by atoms with Gasteiger partial charge in [-0.2, -0.15) is 0 Å². The topological polar surface area (TPSA) is 57.5 Å². The molecule has 0 spiro atoms. The standard InChI is InChI=1S/C25H32N6O/c1-6-18-14-20(19-10-12-31(13-11-19)25(32)28(3)7-2)8-9-22(18)30(5)24-15-23-21(16-26-24)27-17-29(23)4/h8-10,14-17H,6-7,11-13H2,1-5H3. The van der Waals surface area contributed by atoms with Gasteiger partial charge in [-0.15, -0.1) is 0 Å². The average molecular weight is 433 g/mol. The summed E-state index contributed by atoms with van der Waals surface area (Å²) < 4.78 is 2.01. The molecule has 3 aromatic rings. The smallest absolute Gasteiger partial charge is 0.320 e. The molecule has 2 amide bonds. The van der Waals surface area contributed by atoms with E-state index in [4.69, 9.17) is 0 Å². The molecule has 7 heteroatoms. The molecule has 2 aromatic heterocycles. The molecular formula is C25H32N6O. The van der Waals surface area contributed by atoms with Crippen LogP contribution in [-0.2, 0) is 13.5 Å². The van der Waals surface area contributed by atoms with E-state index in [0.717, 1.165) is 48.5 Å². The van der Waals surface area contributed by atoms with Crippen molar-refractivity contribution < 1.29 is 4.79 Å². The molecular weight excluding hydrogens is 400 g/mol. The number of imidazole rings is 1. The number of amides is 2. The van der Waals surface area contributed by atoms with Crippen molar-refractivity contribution in [2.24, 2.45) is 7.05 Å². The van der Waals surface area contributed by atoms with Gasteiger partial charge in [-0.3, -0.25) is 0 Å². The van der Waals surface area contributed by atoms with Crippen molar-refractivity contribution in [3.8, 4) is 0 Å². The predicted molar refractivity (Wildman–Crippen MR) is 130 cm³/mol. The Kier molecular flexibility index (Phi) is 6.17. The number of hydrogen-bond donors (Lipinski definition) is 0. The number of carbonyl (C=O) groups is 1. The van der Waals surface area contributed by atoms with E-state index in [1.54, 1.807) is 4.90 Å². The highest BCUT2D eigenvalue weighted by molar-refractivity contribution is 5.80. The number of aromatic nitrogens is 3. The second-order valence-corrected chi connectivity index (χ2v) is 8.36. The molecule has 0 radical (unpaired) electrons. The van der Waals surface area contributed by atoms with Gasteiger partial charge in [0.1, 0.15) is 11.3 Å². The fourth-order valence-corrected chi connectivity index (χ4v) is 4.20. The molecule has 1 aromatic carbocycles. The summed E-state index contributed by atoms with van der Waals surface area (Å²) >= 11 is 0. The van der Waals surface area contributed by atoms with Gasteiger partial charge in [0, 0.05) is 52.5 Å². The van der Waals surface area contributed by atoms with Gasteiger partial charge in [0.15, 0.2) is 0 Å². The van der Waals surface area contributed by atoms with Crippen LogP contribution in [0.15, 0.2) is 42.9 Å². The monoisotopic (exact) mass is 432 g/mol. The molecule has 0 atom stereocenters. The van der Waals surface area contributed by atoms with Crippen molar-refractivity contribution in [1.82, 2.24) is 24.3 Å². The van der Waals surface area contributed by atoms with E-state index in [0.29, 0.717) is 6.54 Å². The lowest BCUT2D eigenvalue weighted by molar-refractivity contribution is 0.169. The van der Waals surface area contributed by atoms with Crippen LogP contribution in [0.2, 0.25) is 0 Å². The summed E-state index contributed by atoms with van der Waals surface area (Å²) in [6.45, 7) is 6.33. The molecule has 0 unspecified atom stereocenters. The molecule has 0 saturated heterocycles. The van der Waals surface area contributed by atoms with Crippen LogP contribution in [0.1, 0.15) is 31.4 Å². The first kappa shape index (κ1) is 21.9. The second kappa shape index (κ2) is 9.02. The lowest BCUT2D eigenvalue weighted by atomic mass is 9.96. The number of hydrogen-bond acceptors (Lipinski definition) is 4. The summed E-state index contributed by atoms with van der Waals surface area (Å²) in [5, 5.41) is 0. The summed E-state index contributed by atoms with van der Waals surface area (Å²) in [6.07, 6.45) is 7.65. The van der Waals surface area contributed by atoms with E-state index in [2.05, 4.69) is 59.2 Å². The van der Waals surface area contributed by atoms with Crippen LogP contribution in [-0.4, -0.2) is 64.1 Å². The minimum absolute atomic E-state index is 0.104. The Labute approximate surface area is 190 Å². The third kappa shape index (κ3) is 4.07. The Morgan fingerprint density at radius 3 is 2.66 bits per heavy atom. The largest absolute Gasteiger partial charge is 0.334 e.